The van der Waals surface area contributed by atoms with Crippen molar-refractivity contribution in [2.24, 2.45) is 5.92 Å². The number of hydrogen-bond donors (Lipinski definition) is 1. The fourth-order valence-electron chi connectivity index (χ4n) is 2.48. The number of hydrogen-bond acceptors (Lipinski definition) is 2. The van der Waals surface area contributed by atoms with Crippen LogP contribution in [0.1, 0.15) is 40.5 Å². The van der Waals surface area contributed by atoms with Crippen molar-refractivity contribution < 1.29 is 0 Å². The molecule has 0 bridgehead atoms. The van der Waals surface area contributed by atoms with Crippen LogP contribution in [0.5, 0.6) is 0 Å². The normalized spacial score (nSPS) is 28.7. The number of nitrogens with zero attached hydrogens (tertiary/aromatic N) is 1. The van der Waals surface area contributed by atoms with Crippen LogP contribution in [0, 0.1) is 5.92 Å². The average Bonchev–Trinajstić information content (AvgIpc) is 2.15. The fraction of sp³-hybridized carbons (Fsp3) is 1.00. The van der Waals surface area contributed by atoms with Crippen molar-refractivity contribution in [3.63, 3.8) is 0 Å². The van der Waals surface area contributed by atoms with Crippen molar-refractivity contribution in [2.75, 3.05) is 19.6 Å². The number of nitrogens with one attached hydrogen (secondary N) is 1. The zero-order valence-corrected chi connectivity index (χ0v) is 10.2. The first-order valence-electron chi connectivity index (χ1n) is 6.13. The molecule has 2 unspecified atom stereocenters. The lowest BCUT2D eigenvalue weighted by Crippen LogP contribution is -2.53. The van der Waals surface area contributed by atoms with Gasteiger partial charge in [0.2, 0.25) is 0 Å². The summed E-state index contributed by atoms with van der Waals surface area (Å²) in [6, 6.07) is 1.44. The van der Waals surface area contributed by atoms with Crippen LogP contribution in [0.4, 0.5) is 0 Å². The van der Waals surface area contributed by atoms with E-state index in [1.54, 1.807) is 0 Å². The Labute approximate surface area is 89.1 Å². The molecule has 0 aromatic rings. The highest BCUT2D eigenvalue weighted by Gasteiger charge is 2.27. The first-order chi connectivity index (χ1) is 6.66. The van der Waals surface area contributed by atoms with E-state index in [0.29, 0.717) is 6.04 Å². The Morgan fingerprint density at radius 1 is 1.43 bits per heavy atom. The Balaban J connectivity index is 2.55. The lowest BCUT2D eigenvalue weighted by atomic mass is 9.92. The summed E-state index contributed by atoms with van der Waals surface area (Å²) in [5, 5.41) is 3.52. The lowest BCUT2D eigenvalue weighted by molar-refractivity contribution is 0.0921. The summed E-state index contributed by atoms with van der Waals surface area (Å²) in [5.74, 6) is 0.852. The molecule has 2 nitrogen and oxygen atoms in total. The third-order valence-electron chi connectivity index (χ3n) is 3.36. The van der Waals surface area contributed by atoms with Gasteiger partial charge in [-0.1, -0.05) is 13.8 Å². The van der Waals surface area contributed by atoms with Gasteiger partial charge in [-0.25, -0.2) is 0 Å². The van der Waals surface area contributed by atoms with Crippen LogP contribution >= 0.6 is 0 Å². The van der Waals surface area contributed by atoms with Crippen molar-refractivity contribution in [1.29, 1.82) is 0 Å². The summed E-state index contributed by atoms with van der Waals surface area (Å²) in [4.78, 5) is 2.66. The summed E-state index contributed by atoms with van der Waals surface area (Å²) in [6.45, 7) is 12.9. The van der Waals surface area contributed by atoms with E-state index >= 15 is 0 Å². The second kappa shape index (κ2) is 5.72. The van der Waals surface area contributed by atoms with Gasteiger partial charge in [-0.15, -0.1) is 0 Å². The summed E-state index contributed by atoms with van der Waals surface area (Å²) in [5.41, 5.74) is 0. The van der Waals surface area contributed by atoms with Gasteiger partial charge in [-0.3, -0.25) is 4.90 Å². The van der Waals surface area contributed by atoms with Crippen molar-refractivity contribution in [1.82, 2.24) is 10.2 Å². The van der Waals surface area contributed by atoms with Crippen LogP contribution in [0.2, 0.25) is 0 Å². The zero-order valence-electron chi connectivity index (χ0n) is 10.2. The van der Waals surface area contributed by atoms with E-state index < -0.39 is 0 Å². The summed E-state index contributed by atoms with van der Waals surface area (Å²) >= 11 is 0. The Bertz CT molecular complexity index is 154. The van der Waals surface area contributed by atoms with Crippen LogP contribution in [-0.2, 0) is 0 Å². The third-order valence-corrected chi connectivity index (χ3v) is 3.36. The Hall–Kier alpha value is -0.0800. The molecule has 0 spiro atoms. The van der Waals surface area contributed by atoms with Gasteiger partial charge in [0.05, 0.1) is 0 Å². The van der Waals surface area contributed by atoms with Crippen LogP contribution in [0.3, 0.4) is 0 Å². The van der Waals surface area contributed by atoms with Crippen LogP contribution in [0.25, 0.3) is 0 Å². The molecule has 0 amide bonds. The topological polar surface area (TPSA) is 15.3 Å². The monoisotopic (exact) mass is 198 g/mol. The maximum absolute atomic E-state index is 3.52. The highest BCUT2D eigenvalue weighted by atomic mass is 15.2. The summed E-state index contributed by atoms with van der Waals surface area (Å²) in [7, 11) is 0. The molecule has 0 aliphatic carbocycles. The molecule has 1 aliphatic rings. The molecule has 0 saturated carbocycles. The first-order valence-corrected chi connectivity index (χ1v) is 6.13. The number of piperidine rings is 1. The molecule has 1 saturated heterocycles. The average molecular weight is 198 g/mol. The van der Waals surface area contributed by atoms with Crippen LogP contribution in [-0.4, -0.2) is 36.6 Å². The largest absolute Gasteiger partial charge is 0.315 e. The Kier molecular flexibility index (Phi) is 4.90. The molecule has 2 atom stereocenters. The van der Waals surface area contributed by atoms with Crippen LogP contribution in [0.15, 0.2) is 0 Å². The minimum absolute atomic E-state index is 0.683. The molecule has 1 N–H and O–H groups in total. The molecule has 0 aromatic heterocycles. The maximum atomic E-state index is 3.52. The Morgan fingerprint density at radius 3 is 2.64 bits per heavy atom. The lowest BCUT2D eigenvalue weighted by Gasteiger charge is -2.41. The molecular formula is C12H26N2. The van der Waals surface area contributed by atoms with Crippen molar-refractivity contribution in [3.8, 4) is 0 Å². The smallest absolute Gasteiger partial charge is 0.0249 e. The molecular weight excluding hydrogens is 172 g/mol. The summed E-state index contributed by atoms with van der Waals surface area (Å²) in [6.07, 6.45) is 2.60. The van der Waals surface area contributed by atoms with E-state index in [1.165, 1.54) is 32.5 Å². The SMILES string of the molecule is CCCN(C(C)C)C1CNCCC1C. The highest BCUT2D eigenvalue weighted by Crippen LogP contribution is 2.19. The van der Waals surface area contributed by atoms with Gasteiger partial charge in [0, 0.05) is 18.6 Å². The molecule has 0 radical (unpaired) electrons. The molecule has 1 heterocycles. The van der Waals surface area contributed by atoms with E-state index in [9.17, 15) is 0 Å². The van der Waals surface area contributed by atoms with E-state index in [4.69, 9.17) is 0 Å². The second-order valence-electron chi connectivity index (χ2n) is 4.87. The quantitative estimate of drug-likeness (QED) is 0.744. The molecule has 14 heavy (non-hydrogen) atoms. The fourth-order valence-corrected chi connectivity index (χ4v) is 2.48. The van der Waals surface area contributed by atoms with E-state index in [2.05, 4.69) is 37.9 Å². The second-order valence-corrected chi connectivity index (χ2v) is 4.87. The molecule has 1 rings (SSSR count). The maximum Gasteiger partial charge on any atom is 0.0249 e. The van der Waals surface area contributed by atoms with Gasteiger partial charge >= 0.3 is 0 Å². The minimum atomic E-state index is 0.683. The highest BCUT2D eigenvalue weighted by molar-refractivity contribution is 4.84. The third kappa shape index (κ3) is 2.96. The molecule has 84 valence electrons. The van der Waals surface area contributed by atoms with Gasteiger partial charge < -0.3 is 5.32 Å². The minimum Gasteiger partial charge on any atom is -0.315 e. The molecule has 1 aliphatic heterocycles. The van der Waals surface area contributed by atoms with Gasteiger partial charge in [0.1, 0.15) is 0 Å². The molecule has 1 fully saturated rings. The number of rotatable bonds is 4. The van der Waals surface area contributed by atoms with E-state index in [0.717, 1.165) is 12.0 Å². The van der Waals surface area contributed by atoms with Crippen molar-refractivity contribution in [2.45, 2.75) is 52.6 Å². The van der Waals surface area contributed by atoms with Crippen molar-refractivity contribution in [3.05, 3.63) is 0 Å². The molecule has 0 aromatic carbocycles. The van der Waals surface area contributed by atoms with Crippen LogP contribution < -0.4 is 5.32 Å². The van der Waals surface area contributed by atoms with Gasteiger partial charge in [0.15, 0.2) is 0 Å². The standard InChI is InChI=1S/C12H26N2/c1-5-8-14(10(2)3)12-9-13-7-6-11(12)4/h10-13H,5-9H2,1-4H3. The predicted molar refractivity (Wildman–Crippen MR) is 62.6 cm³/mol. The summed E-state index contributed by atoms with van der Waals surface area (Å²) < 4.78 is 0. The van der Waals surface area contributed by atoms with Gasteiger partial charge in [0.25, 0.3) is 0 Å². The van der Waals surface area contributed by atoms with E-state index in [1.807, 2.05) is 0 Å². The Morgan fingerprint density at radius 2 is 2.14 bits per heavy atom. The molecule has 2 heteroatoms. The van der Waals surface area contributed by atoms with Gasteiger partial charge in [-0.2, -0.15) is 0 Å². The zero-order chi connectivity index (χ0) is 10.6. The van der Waals surface area contributed by atoms with Gasteiger partial charge in [-0.05, 0) is 45.7 Å². The van der Waals surface area contributed by atoms with E-state index in [-0.39, 0.29) is 0 Å². The predicted octanol–water partition coefficient (Wildman–Crippen LogP) is 2.10. The first kappa shape index (κ1) is 12.0. The van der Waals surface area contributed by atoms with Crippen molar-refractivity contribution >= 4 is 0 Å².